The van der Waals surface area contributed by atoms with Gasteiger partial charge in [0.25, 0.3) is 4.60 Å². The first-order valence-corrected chi connectivity index (χ1v) is 4.76. The largest absolute Gasteiger partial charge is 0.618 e. The molecule has 3 heteroatoms. The zero-order chi connectivity index (χ0) is 9.42. The highest BCUT2D eigenvalue weighted by Crippen LogP contribution is 2.22. The molecular weight excluding hydrogens is 230 g/mol. The van der Waals surface area contributed by atoms with Crippen LogP contribution in [-0.4, -0.2) is 0 Å². The fourth-order valence-corrected chi connectivity index (χ4v) is 1.88. The van der Waals surface area contributed by atoms with E-state index in [0.717, 1.165) is 21.1 Å². The summed E-state index contributed by atoms with van der Waals surface area (Å²) in [7, 11) is 0. The second kappa shape index (κ2) is 3.00. The number of halogens is 1. The lowest BCUT2D eigenvalue weighted by Gasteiger charge is -2.04. The van der Waals surface area contributed by atoms with Crippen molar-refractivity contribution < 1.29 is 4.73 Å². The van der Waals surface area contributed by atoms with Crippen molar-refractivity contribution >= 4 is 26.7 Å². The van der Waals surface area contributed by atoms with Crippen molar-refractivity contribution in [3.8, 4) is 0 Å². The minimum absolute atomic E-state index is 0.578. The molecule has 1 heterocycles. The van der Waals surface area contributed by atoms with Crippen LogP contribution in [0.5, 0.6) is 0 Å². The normalized spacial score (nSPS) is 10.6. The molecule has 0 atom stereocenters. The van der Waals surface area contributed by atoms with Gasteiger partial charge < -0.3 is 5.21 Å². The number of rotatable bonds is 0. The summed E-state index contributed by atoms with van der Waals surface area (Å²) < 4.78 is 1.42. The molecule has 0 saturated heterocycles. The molecule has 13 heavy (non-hydrogen) atoms. The molecule has 0 fully saturated rings. The molecule has 0 N–H and O–H groups in total. The van der Waals surface area contributed by atoms with Crippen molar-refractivity contribution in [2.24, 2.45) is 0 Å². The van der Waals surface area contributed by atoms with Crippen LogP contribution < -0.4 is 4.73 Å². The third kappa shape index (κ3) is 1.29. The molecule has 2 aromatic rings. The molecule has 0 saturated carbocycles. The number of nitrogens with zero attached hydrogens (tertiary/aromatic N) is 1. The van der Waals surface area contributed by atoms with E-state index in [1.165, 1.54) is 0 Å². The summed E-state index contributed by atoms with van der Waals surface area (Å²) in [4.78, 5) is 0. The quantitative estimate of drug-likeness (QED) is 0.393. The molecule has 2 rings (SSSR count). The molecule has 0 unspecified atom stereocenters. The van der Waals surface area contributed by atoms with Gasteiger partial charge in [0.2, 0.25) is 0 Å². The molecule has 1 aromatic carbocycles. The van der Waals surface area contributed by atoms with E-state index in [2.05, 4.69) is 15.9 Å². The van der Waals surface area contributed by atoms with E-state index in [-0.39, 0.29) is 0 Å². The lowest BCUT2D eigenvalue weighted by molar-refractivity contribution is -0.615. The molecule has 0 radical (unpaired) electrons. The molecule has 0 aliphatic rings. The second-order valence-corrected chi connectivity index (χ2v) is 3.73. The molecule has 0 aliphatic heterocycles. The lowest BCUT2D eigenvalue weighted by atomic mass is 10.1. The Bertz CT molecular complexity index is 468. The second-order valence-electron chi connectivity index (χ2n) is 2.97. The lowest BCUT2D eigenvalue weighted by Crippen LogP contribution is -2.27. The van der Waals surface area contributed by atoms with Crippen LogP contribution in [0, 0.1) is 12.1 Å². The predicted octanol–water partition coefficient (Wildman–Crippen LogP) is 2.54. The van der Waals surface area contributed by atoms with Gasteiger partial charge in [-0.25, -0.2) is 0 Å². The van der Waals surface area contributed by atoms with Crippen molar-refractivity contribution in [2.75, 3.05) is 0 Å². The van der Waals surface area contributed by atoms with E-state index in [4.69, 9.17) is 0 Å². The number of hydrogen-bond donors (Lipinski definition) is 0. The summed E-state index contributed by atoms with van der Waals surface area (Å²) in [5.41, 5.74) is 0.994. The Hall–Kier alpha value is -1.09. The number of pyridine rings is 1. The predicted molar refractivity (Wildman–Crippen MR) is 55.3 cm³/mol. The monoisotopic (exact) mass is 237 g/mol. The zero-order valence-corrected chi connectivity index (χ0v) is 8.71. The Morgan fingerprint density at radius 2 is 1.85 bits per heavy atom. The molecule has 1 aromatic heterocycles. The Labute approximate surface area is 84.5 Å². The van der Waals surface area contributed by atoms with Gasteiger partial charge in [0.05, 0.1) is 5.39 Å². The molecule has 2 nitrogen and oxygen atoms in total. The van der Waals surface area contributed by atoms with Crippen LogP contribution in [0.3, 0.4) is 0 Å². The van der Waals surface area contributed by atoms with E-state index in [0.29, 0.717) is 4.60 Å². The first kappa shape index (κ1) is 8.51. The molecule has 0 spiro atoms. The third-order valence-corrected chi connectivity index (χ3v) is 2.86. The average Bonchev–Trinajstić information content (AvgIpc) is 2.15. The van der Waals surface area contributed by atoms with E-state index < -0.39 is 0 Å². The summed E-state index contributed by atoms with van der Waals surface area (Å²) in [6, 6.07) is 7.83. The van der Waals surface area contributed by atoms with Gasteiger partial charge >= 0.3 is 0 Å². The van der Waals surface area contributed by atoms with Crippen molar-refractivity contribution in [1.82, 2.24) is 0 Å². The third-order valence-electron chi connectivity index (χ3n) is 2.08. The van der Waals surface area contributed by atoms with Gasteiger partial charge in [0.1, 0.15) is 0 Å². The van der Waals surface area contributed by atoms with Crippen LogP contribution in [0.25, 0.3) is 10.8 Å². The Balaban J connectivity index is 2.97. The molecule has 0 amide bonds. The minimum atomic E-state index is 0.578. The van der Waals surface area contributed by atoms with Gasteiger partial charge in [0.15, 0.2) is 6.20 Å². The molecular formula is C10H8BrNO. The SMILES string of the molecule is Cc1c[n+]([O-])c(Br)c2ccccc12. The summed E-state index contributed by atoms with van der Waals surface area (Å²) >= 11 is 3.27. The highest BCUT2D eigenvalue weighted by molar-refractivity contribution is 9.10. The highest BCUT2D eigenvalue weighted by atomic mass is 79.9. The maximum atomic E-state index is 11.3. The van der Waals surface area contributed by atoms with E-state index in [9.17, 15) is 5.21 Å². The van der Waals surface area contributed by atoms with Crippen LogP contribution in [-0.2, 0) is 0 Å². The summed E-state index contributed by atoms with van der Waals surface area (Å²) in [6.07, 6.45) is 1.58. The highest BCUT2D eigenvalue weighted by Gasteiger charge is 2.09. The Morgan fingerprint density at radius 3 is 2.54 bits per heavy atom. The van der Waals surface area contributed by atoms with E-state index in [1.807, 2.05) is 31.2 Å². The van der Waals surface area contributed by atoms with Crippen molar-refractivity contribution in [3.63, 3.8) is 0 Å². The number of fused-ring (bicyclic) bond motifs is 1. The van der Waals surface area contributed by atoms with Gasteiger partial charge in [-0.3, -0.25) is 0 Å². The maximum Gasteiger partial charge on any atom is 0.267 e. The fourth-order valence-electron chi connectivity index (χ4n) is 1.43. The molecule has 0 bridgehead atoms. The number of benzene rings is 1. The molecule has 0 aliphatic carbocycles. The van der Waals surface area contributed by atoms with Crippen molar-refractivity contribution in [2.45, 2.75) is 6.92 Å². The van der Waals surface area contributed by atoms with Crippen molar-refractivity contribution in [3.05, 3.63) is 45.8 Å². The van der Waals surface area contributed by atoms with Gasteiger partial charge in [0, 0.05) is 21.5 Å². The first-order valence-electron chi connectivity index (χ1n) is 3.97. The Kier molecular flexibility index (Phi) is 1.96. The summed E-state index contributed by atoms with van der Waals surface area (Å²) in [6.45, 7) is 1.93. The number of aromatic nitrogens is 1. The minimum Gasteiger partial charge on any atom is -0.618 e. The van der Waals surface area contributed by atoms with Crippen LogP contribution in [0.1, 0.15) is 5.56 Å². The summed E-state index contributed by atoms with van der Waals surface area (Å²) in [5.74, 6) is 0. The van der Waals surface area contributed by atoms with E-state index >= 15 is 0 Å². The maximum absolute atomic E-state index is 11.3. The average molecular weight is 238 g/mol. The van der Waals surface area contributed by atoms with Gasteiger partial charge in [-0.2, -0.15) is 4.73 Å². The van der Waals surface area contributed by atoms with Crippen LogP contribution in [0.15, 0.2) is 35.1 Å². The topological polar surface area (TPSA) is 26.9 Å². The van der Waals surface area contributed by atoms with Crippen LogP contribution >= 0.6 is 15.9 Å². The van der Waals surface area contributed by atoms with Crippen LogP contribution in [0.2, 0.25) is 0 Å². The summed E-state index contributed by atoms with van der Waals surface area (Å²) in [5, 5.41) is 13.4. The zero-order valence-electron chi connectivity index (χ0n) is 7.12. The molecule has 66 valence electrons. The standard InChI is InChI=1S/C10H8BrNO/c1-7-6-12(13)10(11)9-5-3-2-4-8(7)9/h2-6H,1H3. The van der Waals surface area contributed by atoms with Crippen LogP contribution in [0.4, 0.5) is 0 Å². The smallest absolute Gasteiger partial charge is 0.267 e. The fraction of sp³-hybridized carbons (Fsp3) is 0.100. The van der Waals surface area contributed by atoms with Crippen molar-refractivity contribution in [1.29, 1.82) is 0 Å². The Morgan fingerprint density at radius 1 is 1.23 bits per heavy atom. The number of aryl methyl sites for hydroxylation is 1. The van der Waals surface area contributed by atoms with Gasteiger partial charge in [-0.1, -0.05) is 18.2 Å². The van der Waals surface area contributed by atoms with Gasteiger partial charge in [-0.15, -0.1) is 0 Å². The van der Waals surface area contributed by atoms with E-state index in [1.54, 1.807) is 6.20 Å². The first-order chi connectivity index (χ1) is 6.20. The number of hydrogen-bond acceptors (Lipinski definition) is 1. The van der Waals surface area contributed by atoms with Gasteiger partial charge in [-0.05, 0) is 18.4 Å².